The number of benzene rings is 2. The Morgan fingerprint density at radius 1 is 1.00 bits per heavy atom. The second kappa shape index (κ2) is 8.30. The summed E-state index contributed by atoms with van der Waals surface area (Å²) in [5.41, 5.74) is 3.98. The van der Waals surface area contributed by atoms with Crippen LogP contribution in [0.1, 0.15) is 15.9 Å². The Labute approximate surface area is 200 Å². The molecule has 2 aromatic carbocycles. The average molecular weight is 496 g/mol. The van der Waals surface area contributed by atoms with E-state index in [4.69, 9.17) is 11.6 Å². The molecule has 1 amide bonds. The smallest absolute Gasteiger partial charge is 0.261 e. The topological polar surface area (TPSA) is 79.4 Å². The normalized spacial score (nSPS) is 13.3. The second-order valence-electron chi connectivity index (χ2n) is 7.72. The maximum Gasteiger partial charge on any atom is 0.261 e. The average Bonchev–Trinajstić information content (AvgIpc) is 3.39. The van der Waals surface area contributed by atoms with Gasteiger partial charge in [-0.1, -0.05) is 23.7 Å². The van der Waals surface area contributed by atoms with Gasteiger partial charge in [-0.2, -0.15) is 0 Å². The van der Waals surface area contributed by atoms with Crippen LogP contribution in [0.5, 0.6) is 0 Å². The van der Waals surface area contributed by atoms with Gasteiger partial charge in [-0.15, -0.1) is 11.3 Å². The maximum absolute atomic E-state index is 12.7. The third-order valence-corrected chi connectivity index (χ3v) is 8.16. The van der Waals surface area contributed by atoms with E-state index in [2.05, 4.69) is 15.8 Å². The lowest BCUT2D eigenvalue weighted by atomic mass is 10.1. The molecular weight excluding hydrogens is 478 g/mol. The molecular formula is C24H18ClN3O3S2. The predicted molar refractivity (Wildman–Crippen MR) is 131 cm³/mol. The van der Waals surface area contributed by atoms with E-state index in [-0.39, 0.29) is 10.8 Å². The van der Waals surface area contributed by atoms with Crippen LogP contribution in [0.4, 0.5) is 5.69 Å². The number of anilines is 1. The van der Waals surface area contributed by atoms with Crippen molar-refractivity contribution in [3.05, 3.63) is 89.2 Å². The number of pyridine rings is 1. The van der Waals surface area contributed by atoms with E-state index in [9.17, 15) is 13.2 Å². The molecule has 1 aliphatic rings. The molecule has 166 valence electrons. The minimum Gasteiger partial charge on any atom is -0.337 e. The zero-order chi connectivity index (χ0) is 23.2. The summed E-state index contributed by atoms with van der Waals surface area (Å²) in [6.45, 7) is 0.610. The number of rotatable bonds is 5. The van der Waals surface area contributed by atoms with E-state index in [0.29, 0.717) is 17.3 Å². The van der Waals surface area contributed by atoms with E-state index in [1.165, 1.54) is 18.3 Å². The molecule has 5 rings (SSSR count). The number of nitrogens with one attached hydrogen (secondary N) is 1. The Morgan fingerprint density at radius 3 is 2.58 bits per heavy atom. The summed E-state index contributed by atoms with van der Waals surface area (Å²) in [6.07, 6.45) is 3.16. The summed E-state index contributed by atoms with van der Waals surface area (Å²) in [4.78, 5) is 20.1. The summed E-state index contributed by atoms with van der Waals surface area (Å²) >= 11 is 7.51. The zero-order valence-corrected chi connectivity index (χ0v) is 19.8. The molecule has 2 aromatic heterocycles. The quantitative estimate of drug-likeness (QED) is 0.395. The summed E-state index contributed by atoms with van der Waals surface area (Å²) in [6, 6.07) is 17.7. The molecule has 0 spiro atoms. The van der Waals surface area contributed by atoms with Gasteiger partial charge in [-0.25, -0.2) is 8.42 Å². The SMILES string of the molecule is CN1Cc2cc(-c3ccc(-c4cncc(NS(=O)(=O)c5cccc(Cl)c5)c4)s3)ccc2C1=O. The highest BCUT2D eigenvalue weighted by Gasteiger charge is 2.24. The fraction of sp³-hybridized carbons (Fsp3) is 0.0833. The number of carbonyl (C=O) groups excluding carboxylic acids is 1. The van der Waals surface area contributed by atoms with Crippen molar-refractivity contribution in [2.24, 2.45) is 0 Å². The Kier molecular flexibility index (Phi) is 5.44. The molecule has 33 heavy (non-hydrogen) atoms. The van der Waals surface area contributed by atoms with Crippen LogP contribution in [-0.4, -0.2) is 31.3 Å². The van der Waals surface area contributed by atoms with Crippen LogP contribution in [0.3, 0.4) is 0 Å². The van der Waals surface area contributed by atoms with Gasteiger partial charge in [0.15, 0.2) is 0 Å². The van der Waals surface area contributed by atoms with Gasteiger partial charge in [0.1, 0.15) is 0 Å². The van der Waals surface area contributed by atoms with Crippen LogP contribution in [0, 0.1) is 0 Å². The lowest BCUT2D eigenvalue weighted by Crippen LogP contribution is -2.17. The van der Waals surface area contributed by atoms with Gasteiger partial charge in [-0.05, 0) is 59.7 Å². The molecule has 0 unspecified atom stereocenters. The number of halogens is 1. The van der Waals surface area contributed by atoms with Gasteiger partial charge in [0.2, 0.25) is 0 Å². The lowest BCUT2D eigenvalue weighted by molar-refractivity contribution is 0.0816. The third-order valence-electron chi connectivity index (χ3n) is 5.36. The molecule has 0 saturated heterocycles. The van der Waals surface area contributed by atoms with Gasteiger partial charge < -0.3 is 4.90 Å². The number of aromatic nitrogens is 1. The van der Waals surface area contributed by atoms with Crippen LogP contribution in [0.25, 0.3) is 20.9 Å². The lowest BCUT2D eigenvalue weighted by Gasteiger charge is -2.09. The highest BCUT2D eigenvalue weighted by molar-refractivity contribution is 7.92. The van der Waals surface area contributed by atoms with E-state index in [1.54, 1.807) is 47.7 Å². The van der Waals surface area contributed by atoms with Gasteiger partial charge in [0.05, 0.1) is 16.8 Å². The van der Waals surface area contributed by atoms with Crippen molar-refractivity contribution in [2.45, 2.75) is 11.4 Å². The molecule has 6 nitrogen and oxygen atoms in total. The number of thiophene rings is 1. The largest absolute Gasteiger partial charge is 0.337 e. The van der Waals surface area contributed by atoms with Crippen molar-refractivity contribution in [1.82, 2.24) is 9.88 Å². The standard InChI is InChI=1S/C24H18ClN3O3S2/c1-28-14-17-9-15(5-6-21(17)24(28)29)22-7-8-23(32-22)16-10-19(13-26-12-16)27-33(30,31)20-4-2-3-18(25)11-20/h2-13,27H,14H2,1H3. The summed E-state index contributed by atoms with van der Waals surface area (Å²) in [5.74, 6) is 0.0477. The van der Waals surface area contributed by atoms with Crippen LogP contribution < -0.4 is 4.72 Å². The number of hydrogen-bond donors (Lipinski definition) is 1. The summed E-state index contributed by atoms with van der Waals surface area (Å²) in [7, 11) is -1.99. The van der Waals surface area contributed by atoms with Crippen molar-refractivity contribution < 1.29 is 13.2 Å². The maximum atomic E-state index is 12.7. The van der Waals surface area contributed by atoms with Gasteiger partial charge in [-0.3, -0.25) is 14.5 Å². The minimum atomic E-state index is -3.79. The fourth-order valence-corrected chi connectivity index (χ4v) is 6.06. The van der Waals surface area contributed by atoms with Crippen molar-refractivity contribution in [3.8, 4) is 20.9 Å². The Morgan fingerprint density at radius 2 is 1.79 bits per heavy atom. The fourth-order valence-electron chi connectivity index (χ4n) is 3.75. The van der Waals surface area contributed by atoms with E-state index >= 15 is 0 Å². The Bertz CT molecular complexity index is 1500. The number of carbonyl (C=O) groups is 1. The molecule has 0 fully saturated rings. The highest BCUT2D eigenvalue weighted by Crippen LogP contribution is 2.37. The molecule has 1 N–H and O–H groups in total. The molecule has 0 aliphatic carbocycles. The van der Waals surface area contributed by atoms with Crippen molar-refractivity contribution >= 4 is 44.6 Å². The second-order valence-corrected chi connectivity index (χ2v) is 10.9. The predicted octanol–water partition coefficient (Wildman–Crippen LogP) is 5.52. The number of fused-ring (bicyclic) bond motifs is 1. The summed E-state index contributed by atoms with van der Waals surface area (Å²) < 4.78 is 28.0. The number of nitrogens with zero attached hydrogens (tertiary/aromatic N) is 2. The van der Waals surface area contributed by atoms with Crippen LogP contribution in [0.15, 0.2) is 78.0 Å². The molecule has 3 heterocycles. The van der Waals surface area contributed by atoms with Crippen LogP contribution >= 0.6 is 22.9 Å². The van der Waals surface area contributed by atoms with Crippen molar-refractivity contribution in [3.63, 3.8) is 0 Å². The van der Waals surface area contributed by atoms with E-state index in [0.717, 1.165) is 32.0 Å². The zero-order valence-electron chi connectivity index (χ0n) is 17.4. The molecule has 0 bridgehead atoms. The number of sulfonamides is 1. The van der Waals surface area contributed by atoms with Gasteiger partial charge >= 0.3 is 0 Å². The molecule has 1 aliphatic heterocycles. The first-order valence-corrected chi connectivity index (χ1v) is 12.7. The molecule has 0 saturated carbocycles. The Balaban J connectivity index is 1.41. The van der Waals surface area contributed by atoms with Crippen LogP contribution in [0.2, 0.25) is 5.02 Å². The van der Waals surface area contributed by atoms with Gasteiger partial charge in [0.25, 0.3) is 15.9 Å². The van der Waals surface area contributed by atoms with Crippen LogP contribution in [-0.2, 0) is 16.6 Å². The van der Waals surface area contributed by atoms with E-state index in [1.807, 2.05) is 24.3 Å². The monoisotopic (exact) mass is 495 g/mol. The number of amides is 1. The first-order chi connectivity index (χ1) is 15.8. The molecule has 9 heteroatoms. The molecule has 0 radical (unpaired) electrons. The minimum absolute atomic E-state index is 0.0477. The number of hydrogen-bond acceptors (Lipinski definition) is 5. The summed E-state index contributed by atoms with van der Waals surface area (Å²) in [5, 5.41) is 0.346. The van der Waals surface area contributed by atoms with Crippen molar-refractivity contribution in [1.29, 1.82) is 0 Å². The van der Waals surface area contributed by atoms with E-state index < -0.39 is 10.0 Å². The molecule has 4 aromatic rings. The first kappa shape index (κ1) is 21.6. The highest BCUT2D eigenvalue weighted by atomic mass is 35.5. The van der Waals surface area contributed by atoms with Crippen molar-refractivity contribution in [2.75, 3.05) is 11.8 Å². The first-order valence-electron chi connectivity index (χ1n) is 10.0. The molecule has 0 atom stereocenters. The third kappa shape index (κ3) is 4.25. The van der Waals surface area contributed by atoms with Gasteiger partial charge in [0, 0.05) is 45.7 Å². The Hall–Kier alpha value is -3.20.